The summed E-state index contributed by atoms with van der Waals surface area (Å²) in [7, 11) is 0. The Morgan fingerprint density at radius 1 is 1.41 bits per heavy atom. The standard InChI is InChI=1S/C13H24N2OS/c1-13(7-5-9-17-13)10-15-12(16)11-6-3-2-4-8-14-11/h11,14H,2-10H2,1H3,(H,15,16). The summed E-state index contributed by atoms with van der Waals surface area (Å²) >= 11 is 2.00. The highest BCUT2D eigenvalue weighted by atomic mass is 32.2. The van der Waals surface area contributed by atoms with Crippen LogP contribution in [0.1, 0.15) is 45.4 Å². The molecule has 0 aromatic heterocycles. The van der Waals surface area contributed by atoms with Gasteiger partial charge in [0.1, 0.15) is 0 Å². The van der Waals surface area contributed by atoms with Crippen LogP contribution in [0.25, 0.3) is 0 Å². The predicted molar refractivity (Wildman–Crippen MR) is 73.4 cm³/mol. The van der Waals surface area contributed by atoms with Crippen molar-refractivity contribution in [3.8, 4) is 0 Å². The van der Waals surface area contributed by atoms with Crippen molar-refractivity contribution in [1.29, 1.82) is 0 Å². The summed E-state index contributed by atoms with van der Waals surface area (Å²) in [5.74, 6) is 1.45. The van der Waals surface area contributed by atoms with Crippen molar-refractivity contribution in [1.82, 2.24) is 10.6 Å². The van der Waals surface area contributed by atoms with Crippen LogP contribution in [0.15, 0.2) is 0 Å². The number of amides is 1. The summed E-state index contributed by atoms with van der Waals surface area (Å²) in [6.45, 7) is 4.09. The molecule has 98 valence electrons. The van der Waals surface area contributed by atoms with E-state index in [-0.39, 0.29) is 16.7 Å². The van der Waals surface area contributed by atoms with E-state index in [0.717, 1.165) is 19.5 Å². The van der Waals surface area contributed by atoms with Gasteiger partial charge in [0.15, 0.2) is 0 Å². The van der Waals surface area contributed by atoms with Crippen molar-refractivity contribution >= 4 is 17.7 Å². The maximum atomic E-state index is 12.1. The van der Waals surface area contributed by atoms with Gasteiger partial charge < -0.3 is 10.6 Å². The molecular weight excluding hydrogens is 232 g/mol. The van der Waals surface area contributed by atoms with Crippen molar-refractivity contribution in [3.63, 3.8) is 0 Å². The topological polar surface area (TPSA) is 41.1 Å². The van der Waals surface area contributed by atoms with Crippen LogP contribution < -0.4 is 10.6 Å². The molecule has 0 aromatic carbocycles. The molecule has 1 amide bonds. The normalized spacial score (nSPS) is 34.3. The number of rotatable bonds is 3. The van der Waals surface area contributed by atoms with Crippen LogP contribution in [-0.4, -0.2) is 35.5 Å². The first-order valence-corrected chi connectivity index (χ1v) is 7.83. The lowest BCUT2D eigenvalue weighted by atomic mass is 10.1. The molecule has 2 fully saturated rings. The molecule has 2 atom stereocenters. The maximum absolute atomic E-state index is 12.1. The molecule has 0 radical (unpaired) electrons. The molecule has 4 heteroatoms. The first-order chi connectivity index (χ1) is 8.20. The molecule has 2 aliphatic heterocycles. The van der Waals surface area contributed by atoms with E-state index in [1.807, 2.05) is 11.8 Å². The number of nitrogens with one attached hydrogen (secondary N) is 2. The first kappa shape index (κ1) is 13.2. The van der Waals surface area contributed by atoms with Crippen LogP contribution in [0.4, 0.5) is 0 Å². The molecule has 2 rings (SSSR count). The van der Waals surface area contributed by atoms with E-state index in [1.165, 1.54) is 37.9 Å². The largest absolute Gasteiger partial charge is 0.353 e. The van der Waals surface area contributed by atoms with Crippen LogP contribution in [-0.2, 0) is 4.79 Å². The molecular formula is C13H24N2OS. The summed E-state index contributed by atoms with van der Waals surface area (Å²) in [4.78, 5) is 12.1. The maximum Gasteiger partial charge on any atom is 0.237 e. The fourth-order valence-electron chi connectivity index (χ4n) is 2.63. The second kappa shape index (κ2) is 6.10. The summed E-state index contributed by atoms with van der Waals surface area (Å²) in [5, 5.41) is 6.49. The van der Waals surface area contributed by atoms with E-state index in [4.69, 9.17) is 0 Å². The lowest BCUT2D eigenvalue weighted by Crippen LogP contribution is -2.47. The van der Waals surface area contributed by atoms with E-state index in [2.05, 4.69) is 17.6 Å². The number of thioether (sulfide) groups is 1. The Bertz CT molecular complexity index is 256. The summed E-state index contributed by atoms with van der Waals surface area (Å²) in [6, 6.07) is 0.0486. The highest BCUT2D eigenvalue weighted by molar-refractivity contribution is 8.00. The Morgan fingerprint density at radius 2 is 2.29 bits per heavy atom. The zero-order valence-corrected chi connectivity index (χ0v) is 11.6. The minimum Gasteiger partial charge on any atom is -0.353 e. The highest BCUT2D eigenvalue weighted by Crippen LogP contribution is 2.36. The molecule has 2 heterocycles. The van der Waals surface area contributed by atoms with Gasteiger partial charge >= 0.3 is 0 Å². The van der Waals surface area contributed by atoms with Crippen molar-refractivity contribution in [2.45, 2.75) is 56.2 Å². The van der Waals surface area contributed by atoms with Crippen molar-refractivity contribution < 1.29 is 4.79 Å². The highest BCUT2D eigenvalue weighted by Gasteiger charge is 2.30. The molecule has 2 N–H and O–H groups in total. The van der Waals surface area contributed by atoms with Gasteiger partial charge in [-0.3, -0.25) is 4.79 Å². The molecule has 2 saturated heterocycles. The van der Waals surface area contributed by atoms with Crippen LogP contribution in [0.2, 0.25) is 0 Å². The van der Waals surface area contributed by atoms with Gasteiger partial charge in [0.05, 0.1) is 6.04 Å². The quantitative estimate of drug-likeness (QED) is 0.810. The van der Waals surface area contributed by atoms with Gasteiger partial charge in [0.2, 0.25) is 5.91 Å². The van der Waals surface area contributed by atoms with Gasteiger partial charge in [-0.25, -0.2) is 0 Å². The molecule has 3 nitrogen and oxygen atoms in total. The number of carbonyl (C=O) groups excluding carboxylic acids is 1. The number of hydrogen-bond acceptors (Lipinski definition) is 3. The smallest absolute Gasteiger partial charge is 0.237 e. The Morgan fingerprint density at radius 3 is 3.06 bits per heavy atom. The molecule has 2 unspecified atom stereocenters. The fourth-order valence-corrected chi connectivity index (χ4v) is 3.87. The lowest BCUT2D eigenvalue weighted by Gasteiger charge is -2.24. The Balaban J connectivity index is 1.75. The van der Waals surface area contributed by atoms with Crippen LogP contribution >= 0.6 is 11.8 Å². The van der Waals surface area contributed by atoms with Crippen LogP contribution in [0.5, 0.6) is 0 Å². The van der Waals surface area contributed by atoms with E-state index in [1.54, 1.807) is 0 Å². The first-order valence-electron chi connectivity index (χ1n) is 6.85. The molecule has 0 aromatic rings. The van der Waals surface area contributed by atoms with Gasteiger partial charge in [-0.05, 0) is 44.9 Å². The summed E-state index contributed by atoms with van der Waals surface area (Å²) in [5.41, 5.74) is 0. The number of hydrogen-bond donors (Lipinski definition) is 2. The second-order valence-corrected chi connectivity index (χ2v) is 7.16. The third-order valence-corrected chi connectivity index (χ3v) is 5.35. The van der Waals surface area contributed by atoms with Crippen LogP contribution in [0, 0.1) is 0 Å². The fraction of sp³-hybridized carbons (Fsp3) is 0.923. The molecule has 0 aliphatic carbocycles. The lowest BCUT2D eigenvalue weighted by molar-refractivity contribution is -0.123. The van der Waals surface area contributed by atoms with Crippen molar-refractivity contribution in [2.75, 3.05) is 18.8 Å². The zero-order chi connectivity index (χ0) is 12.1. The minimum absolute atomic E-state index is 0.0486. The summed E-state index contributed by atoms with van der Waals surface area (Å²) < 4.78 is 0.278. The van der Waals surface area contributed by atoms with Gasteiger partial charge in [-0.1, -0.05) is 12.8 Å². The average molecular weight is 256 g/mol. The Hall–Kier alpha value is -0.220. The van der Waals surface area contributed by atoms with E-state index >= 15 is 0 Å². The van der Waals surface area contributed by atoms with Crippen molar-refractivity contribution in [3.05, 3.63) is 0 Å². The average Bonchev–Trinajstić information content (AvgIpc) is 2.60. The van der Waals surface area contributed by atoms with E-state index in [9.17, 15) is 4.79 Å². The van der Waals surface area contributed by atoms with E-state index < -0.39 is 0 Å². The molecule has 0 bridgehead atoms. The Kier molecular flexibility index (Phi) is 4.74. The third-order valence-electron chi connectivity index (χ3n) is 3.81. The molecule has 0 saturated carbocycles. The Labute approximate surface area is 108 Å². The van der Waals surface area contributed by atoms with Gasteiger partial charge in [0.25, 0.3) is 0 Å². The van der Waals surface area contributed by atoms with Crippen LogP contribution in [0.3, 0.4) is 0 Å². The SMILES string of the molecule is CC1(CNC(=O)C2CCCCCN2)CCCS1. The third kappa shape index (κ3) is 3.88. The van der Waals surface area contributed by atoms with Gasteiger partial charge in [-0.15, -0.1) is 0 Å². The summed E-state index contributed by atoms with van der Waals surface area (Å²) in [6.07, 6.45) is 7.16. The van der Waals surface area contributed by atoms with E-state index in [0.29, 0.717) is 0 Å². The van der Waals surface area contributed by atoms with Crippen molar-refractivity contribution in [2.24, 2.45) is 0 Å². The van der Waals surface area contributed by atoms with Gasteiger partial charge in [-0.2, -0.15) is 11.8 Å². The minimum atomic E-state index is 0.0486. The molecule has 0 spiro atoms. The van der Waals surface area contributed by atoms with Gasteiger partial charge in [0, 0.05) is 11.3 Å². The second-order valence-electron chi connectivity index (χ2n) is 5.48. The molecule has 17 heavy (non-hydrogen) atoms. The predicted octanol–water partition coefficient (Wildman–Crippen LogP) is 1.92. The monoisotopic (exact) mass is 256 g/mol. The number of carbonyl (C=O) groups is 1. The molecule has 2 aliphatic rings. The zero-order valence-electron chi connectivity index (χ0n) is 10.8.